The zero-order chi connectivity index (χ0) is 18.7. The second kappa shape index (κ2) is 8.23. The van der Waals surface area contributed by atoms with Gasteiger partial charge < -0.3 is 9.80 Å². The minimum atomic E-state index is 0.0972. The first-order valence-corrected chi connectivity index (χ1v) is 9.79. The number of hydrogen-bond acceptors (Lipinski definition) is 3. The van der Waals surface area contributed by atoms with Crippen molar-refractivity contribution in [1.82, 2.24) is 19.6 Å². The van der Waals surface area contributed by atoms with Gasteiger partial charge in [-0.3, -0.25) is 4.79 Å². The number of aryl methyl sites for hydroxylation is 1. The van der Waals surface area contributed by atoms with Crippen molar-refractivity contribution in [1.29, 1.82) is 0 Å². The van der Waals surface area contributed by atoms with E-state index in [-0.39, 0.29) is 5.91 Å². The van der Waals surface area contributed by atoms with Crippen LogP contribution in [0.25, 0.3) is 5.69 Å². The van der Waals surface area contributed by atoms with Crippen LogP contribution in [0.2, 0.25) is 5.02 Å². The summed E-state index contributed by atoms with van der Waals surface area (Å²) in [5.74, 6) is 0.0972. The van der Waals surface area contributed by atoms with Crippen LogP contribution in [0, 0.1) is 6.92 Å². The number of carbonyl (C=O) groups is 1. The number of benzene rings is 1. The van der Waals surface area contributed by atoms with Crippen LogP contribution in [0.4, 0.5) is 0 Å². The molecule has 6 heteroatoms. The molecule has 0 atom stereocenters. The molecule has 2 heterocycles. The second-order valence-corrected chi connectivity index (χ2v) is 7.15. The van der Waals surface area contributed by atoms with E-state index in [1.54, 1.807) is 0 Å². The molecule has 0 bridgehead atoms. The average Bonchev–Trinajstić information content (AvgIpc) is 2.98. The van der Waals surface area contributed by atoms with Gasteiger partial charge in [-0.2, -0.15) is 5.10 Å². The molecule has 0 aliphatic carbocycles. The van der Waals surface area contributed by atoms with E-state index in [9.17, 15) is 4.79 Å². The molecular weight excluding hydrogens is 348 g/mol. The number of likely N-dealkylation sites (N-methyl/N-ethyl adjacent to an activating group) is 1. The van der Waals surface area contributed by atoms with Crippen LogP contribution < -0.4 is 0 Å². The quantitative estimate of drug-likeness (QED) is 0.803. The van der Waals surface area contributed by atoms with E-state index in [0.717, 1.165) is 68.2 Å². The van der Waals surface area contributed by atoms with Gasteiger partial charge in [0.2, 0.25) is 0 Å². The molecule has 140 valence electrons. The Morgan fingerprint density at radius 3 is 2.46 bits per heavy atom. The molecule has 0 N–H and O–H groups in total. The first kappa shape index (κ1) is 18.9. The molecular formula is C20H27ClN4O. The largest absolute Gasteiger partial charge is 0.336 e. The fourth-order valence-electron chi connectivity index (χ4n) is 3.53. The first-order valence-electron chi connectivity index (χ1n) is 9.41. The van der Waals surface area contributed by atoms with Gasteiger partial charge in [-0.05, 0) is 32.0 Å². The SMILES string of the molecule is CCCc1nn(-c2ccccc2Cl)c(C)c1C(=O)N1CCN(CC)CC1. The van der Waals surface area contributed by atoms with Gasteiger partial charge in [-0.1, -0.05) is 44.0 Å². The fraction of sp³-hybridized carbons (Fsp3) is 0.500. The summed E-state index contributed by atoms with van der Waals surface area (Å²) in [6, 6.07) is 7.62. The van der Waals surface area contributed by atoms with Gasteiger partial charge in [0.05, 0.1) is 27.7 Å². The van der Waals surface area contributed by atoms with E-state index < -0.39 is 0 Å². The molecule has 26 heavy (non-hydrogen) atoms. The molecule has 0 radical (unpaired) electrons. The van der Waals surface area contributed by atoms with Gasteiger partial charge in [0.25, 0.3) is 5.91 Å². The van der Waals surface area contributed by atoms with E-state index >= 15 is 0 Å². The summed E-state index contributed by atoms with van der Waals surface area (Å²) in [5.41, 5.74) is 3.30. The molecule has 1 amide bonds. The Balaban J connectivity index is 1.96. The van der Waals surface area contributed by atoms with Crippen LogP contribution in [0.5, 0.6) is 0 Å². The summed E-state index contributed by atoms with van der Waals surface area (Å²) < 4.78 is 1.82. The zero-order valence-electron chi connectivity index (χ0n) is 15.8. The summed E-state index contributed by atoms with van der Waals surface area (Å²) in [6.07, 6.45) is 1.73. The second-order valence-electron chi connectivity index (χ2n) is 6.75. The van der Waals surface area contributed by atoms with Crippen molar-refractivity contribution in [2.45, 2.75) is 33.6 Å². The molecule has 2 aromatic rings. The summed E-state index contributed by atoms with van der Waals surface area (Å²) in [5, 5.41) is 5.39. The average molecular weight is 375 g/mol. The van der Waals surface area contributed by atoms with E-state index in [4.69, 9.17) is 16.7 Å². The molecule has 1 aromatic heterocycles. The maximum absolute atomic E-state index is 13.3. The molecule has 1 aliphatic heterocycles. The zero-order valence-corrected chi connectivity index (χ0v) is 16.6. The number of halogens is 1. The Morgan fingerprint density at radius 1 is 1.15 bits per heavy atom. The lowest BCUT2D eigenvalue weighted by Crippen LogP contribution is -2.48. The Morgan fingerprint density at radius 2 is 1.85 bits per heavy atom. The van der Waals surface area contributed by atoms with Gasteiger partial charge in [0, 0.05) is 26.2 Å². The molecule has 0 saturated carbocycles. The highest BCUT2D eigenvalue weighted by Gasteiger charge is 2.28. The number of rotatable bonds is 5. The van der Waals surface area contributed by atoms with Crippen molar-refractivity contribution in [3.8, 4) is 5.69 Å². The third-order valence-electron chi connectivity index (χ3n) is 5.08. The molecule has 1 fully saturated rings. The first-order chi connectivity index (χ1) is 12.6. The van der Waals surface area contributed by atoms with E-state index in [1.165, 1.54) is 0 Å². The van der Waals surface area contributed by atoms with Crippen molar-refractivity contribution in [2.75, 3.05) is 32.7 Å². The molecule has 1 aromatic carbocycles. The monoisotopic (exact) mass is 374 g/mol. The number of aromatic nitrogens is 2. The highest BCUT2D eigenvalue weighted by molar-refractivity contribution is 6.32. The minimum Gasteiger partial charge on any atom is -0.336 e. The lowest BCUT2D eigenvalue weighted by molar-refractivity contribution is 0.0641. The highest BCUT2D eigenvalue weighted by Crippen LogP contribution is 2.26. The van der Waals surface area contributed by atoms with Gasteiger partial charge in [0.1, 0.15) is 0 Å². The van der Waals surface area contributed by atoms with Crippen molar-refractivity contribution in [3.05, 3.63) is 46.2 Å². The normalized spacial score (nSPS) is 15.5. The molecule has 0 spiro atoms. The molecule has 3 rings (SSSR count). The van der Waals surface area contributed by atoms with Crippen molar-refractivity contribution in [2.24, 2.45) is 0 Å². The van der Waals surface area contributed by atoms with Crippen LogP contribution in [-0.4, -0.2) is 58.2 Å². The summed E-state index contributed by atoms with van der Waals surface area (Å²) in [4.78, 5) is 17.6. The lowest BCUT2D eigenvalue weighted by Gasteiger charge is -2.34. The van der Waals surface area contributed by atoms with E-state index in [0.29, 0.717) is 5.02 Å². The Labute approximate surface area is 160 Å². The fourth-order valence-corrected chi connectivity index (χ4v) is 3.75. The van der Waals surface area contributed by atoms with Gasteiger partial charge in [0.15, 0.2) is 0 Å². The smallest absolute Gasteiger partial charge is 0.257 e. The molecule has 1 aliphatic rings. The third-order valence-corrected chi connectivity index (χ3v) is 5.40. The van der Waals surface area contributed by atoms with Gasteiger partial charge >= 0.3 is 0 Å². The number of piperazine rings is 1. The number of amides is 1. The van der Waals surface area contributed by atoms with Crippen LogP contribution in [-0.2, 0) is 6.42 Å². The summed E-state index contributed by atoms with van der Waals surface area (Å²) in [7, 11) is 0. The molecule has 5 nitrogen and oxygen atoms in total. The van der Waals surface area contributed by atoms with Gasteiger partial charge in [-0.25, -0.2) is 4.68 Å². The minimum absolute atomic E-state index is 0.0972. The van der Waals surface area contributed by atoms with E-state index in [1.807, 2.05) is 40.8 Å². The maximum Gasteiger partial charge on any atom is 0.257 e. The van der Waals surface area contributed by atoms with Crippen LogP contribution >= 0.6 is 11.6 Å². The molecule has 0 unspecified atom stereocenters. The van der Waals surface area contributed by atoms with Crippen LogP contribution in [0.15, 0.2) is 24.3 Å². The predicted octanol–water partition coefficient (Wildman–Crippen LogP) is 3.56. The Bertz CT molecular complexity index is 778. The van der Waals surface area contributed by atoms with Crippen molar-refractivity contribution < 1.29 is 4.79 Å². The number of para-hydroxylation sites is 1. The Hall–Kier alpha value is -1.85. The van der Waals surface area contributed by atoms with Crippen LogP contribution in [0.1, 0.15) is 42.0 Å². The highest BCUT2D eigenvalue weighted by atomic mass is 35.5. The Kier molecular flexibility index (Phi) is 5.99. The topological polar surface area (TPSA) is 41.4 Å². The van der Waals surface area contributed by atoms with Crippen molar-refractivity contribution >= 4 is 17.5 Å². The standard InChI is InChI=1S/C20H27ClN4O/c1-4-8-17-19(20(26)24-13-11-23(5-2)12-14-24)15(3)25(22-17)18-10-7-6-9-16(18)21/h6-7,9-10H,4-5,8,11-14H2,1-3H3. The number of nitrogens with zero attached hydrogens (tertiary/aromatic N) is 4. The maximum atomic E-state index is 13.3. The number of carbonyl (C=O) groups excluding carboxylic acids is 1. The van der Waals surface area contributed by atoms with Crippen LogP contribution in [0.3, 0.4) is 0 Å². The predicted molar refractivity (Wildman–Crippen MR) is 105 cm³/mol. The number of hydrogen-bond donors (Lipinski definition) is 0. The lowest BCUT2D eigenvalue weighted by atomic mass is 10.1. The third kappa shape index (κ3) is 3.64. The molecule has 1 saturated heterocycles. The van der Waals surface area contributed by atoms with Gasteiger partial charge in [-0.15, -0.1) is 0 Å². The van der Waals surface area contributed by atoms with Crippen molar-refractivity contribution in [3.63, 3.8) is 0 Å². The van der Waals surface area contributed by atoms with E-state index in [2.05, 4.69) is 18.7 Å². The summed E-state index contributed by atoms with van der Waals surface area (Å²) >= 11 is 6.37. The summed E-state index contributed by atoms with van der Waals surface area (Å²) in [6.45, 7) is 10.7.